The maximum Gasteiger partial charge on any atom is 0.136 e. The molecular formula is C18H24N2OS. The second-order valence-electron chi connectivity index (χ2n) is 5.86. The van der Waals surface area contributed by atoms with Crippen molar-refractivity contribution in [2.45, 2.75) is 56.7 Å². The highest BCUT2D eigenvalue weighted by molar-refractivity contribution is 7.99. The van der Waals surface area contributed by atoms with E-state index in [1.54, 1.807) is 11.8 Å². The minimum absolute atomic E-state index is 0.0546. The van der Waals surface area contributed by atoms with Gasteiger partial charge < -0.3 is 9.67 Å². The number of aromatic nitrogens is 2. The van der Waals surface area contributed by atoms with Crippen molar-refractivity contribution >= 4 is 11.8 Å². The van der Waals surface area contributed by atoms with E-state index in [9.17, 15) is 5.11 Å². The Kier molecular flexibility index (Phi) is 5.48. The zero-order chi connectivity index (χ0) is 16.3. The van der Waals surface area contributed by atoms with Crippen LogP contribution in [0.1, 0.15) is 42.4 Å². The van der Waals surface area contributed by atoms with E-state index in [-0.39, 0.29) is 6.61 Å². The summed E-state index contributed by atoms with van der Waals surface area (Å²) in [5, 5.41) is 10.7. The number of imidazole rings is 1. The molecule has 2 aromatic rings. The summed E-state index contributed by atoms with van der Waals surface area (Å²) in [5.41, 5.74) is 3.55. The molecule has 2 rings (SSSR count). The average Bonchev–Trinajstić information content (AvgIpc) is 2.76. The number of rotatable bonds is 6. The van der Waals surface area contributed by atoms with E-state index in [4.69, 9.17) is 0 Å². The van der Waals surface area contributed by atoms with Gasteiger partial charge in [0.2, 0.25) is 0 Å². The van der Waals surface area contributed by atoms with Gasteiger partial charge in [-0.3, -0.25) is 0 Å². The number of benzene rings is 1. The van der Waals surface area contributed by atoms with Crippen LogP contribution in [-0.4, -0.2) is 14.7 Å². The summed E-state index contributed by atoms with van der Waals surface area (Å²) in [7, 11) is 0. The Morgan fingerprint density at radius 2 is 1.91 bits per heavy atom. The Hall–Kier alpha value is -1.52. The molecule has 3 nitrogen and oxygen atoms in total. The Bertz CT molecular complexity index is 654. The van der Waals surface area contributed by atoms with Crippen LogP contribution in [0.5, 0.6) is 0 Å². The van der Waals surface area contributed by atoms with E-state index in [1.807, 2.05) is 6.08 Å². The van der Waals surface area contributed by atoms with Crippen LogP contribution in [0.15, 0.2) is 40.8 Å². The maximum absolute atomic E-state index is 9.59. The van der Waals surface area contributed by atoms with Crippen LogP contribution in [0.25, 0.3) is 0 Å². The van der Waals surface area contributed by atoms with E-state index in [2.05, 4.69) is 62.0 Å². The van der Waals surface area contributed by atoms with Crippen LogP contribution in [0.3, 0.4) is 0 Å². The predicted molar refractivity (Wildman–Crippen MR) is 92.5 cm³/mol. The van der Waals surface area contributed by atoms with Gasteiger partial charge in [-0.15, -0.1) is 6.58 Å². The molecule has 0 bridgehead atoms. The average molecular weight is 316 g/mol. The van der Waals surface area contributed by atoms with Gasteiger partial charge in [0.1, 0.15) is 17.5 Å². The number of aryl methyl sites for hydroxylation is 2. The second-order valence-corrected chi connectivity index (χ2v) is 6.92. The molecule has 1 aromatic carbocycles. The van der Waals surface area contributed by atoms with E-state index >= 15 is 0 Å². The molecule has 4 heteroatoms. The van der Waals surface area contributed by atoms with Crippen molar-refractivity contribution in [3.05, 3.63) is 53.5 Å². The van der Waals surface area contributed by atoms with Gasteiger partial charge in [0.05, 0.1) is 5.69 Å². The summed E-state index contributed by atoms with van der Waals surface area (Å²) in [4.78, 5) is 5.84. The molecule has 22 heavy (non-hydrogen) atoms. The fraction of sp³-hybridized carbons (Fsp3) is 0.389. The van der Waals surface area contributed by atoms with Gasteiger partial charge in [-0.25, -0.2) is 4.98 Å². The monoisotopic (exact) mass is 316 g/mol. The van der Waals surface area contributed by atoms with Crippen molar-refractivity contribution in [3.63, 3.8) is 0 Å². The van der Waals surface area contributed by atoms with Gasteiger partial charge in [-0.05, 0) is 43.0 Å². The lowest BCUT2D eigenvalue weighted by atomic mass is 10.1. The lowest BCUT2D eigenvalue weighted by molar-refractivity contribution is 0.265. The molecule has 0 saturated heterocycles. The fourth-order valence-electron chi connectivity index (χ4n) is 2.53. The first-order valence-corrected chi connectivity index (χ1v) is 8.35. The van der Waals surface area contributed by atoms with Crippen LogP contribution in [0.4, 0.5) is 0 Å². The number of aliphatic hydroxyl groups excluding tert-OH is 1. The molecule has 118 valence electrons. The topological polar surface area (TPSA) is 38.0 Å². The van der Waals surface area contributed by atoms with E-state index in [1.165, 1.54) is 16.0 Å². The molecule has 0 saturated carbocycles. The molecule has 0 atom stereocenters. The molecule has 0 aliphatic heterocycles. The lowest BCUT2D eigenvalue weighted by Gasteiger charge is -2.12. The van der Waals surface area contributed by atoms with Crippen LogP contribution in [-0.2, 0) is 13.2 Å². The highest BCUT2D eigenvalue weighted by Gasteiger charge is 2.19. The maximum atomic E-state index is 9.59. The molecule has 0 fully saturated rings. The normalized spacial score (nSPS) is 11.2. The lowest BCUT2D eigenvalue weighted by Crippen LogP contribution is -2.03. The van der Waals surface area contributed by atoms with Crippen LogP contribution in [0.2, 0.25) is 0 Å². The Morgan fingerprint density at radius 1 is 1.27 bits per heavy atom. The number of nitrogens with zero attached hydrogens (tertiary/aromatic N) is 2. The summed E-state index contributed by atoms with van der Waals surface area (Å²) < 4.78 is 2.06. The van der Waals surface area contributed by atoms with Crippen molar-refractivity contribution in [2.75, 3.05) is 0 Å². The predicted octanol–water partition coefficient (Wildman–Crippen LogP) is 4.45. The summed E-state index contributed by atoms with van der Waals surface area (Å²) in [6, 6.07) is 6.55. The summed E-state index contributed by atoms with van der Waals surface area (Å²) in [6.45, 7) is 12.9. The van der Waals surface area contributed by atoms with Crippen molar-refractivity contribution in [1.82, 2.24) is 9.55 Å². The smallest absolute Gasteiger partial charge is 0.136 e. The van der Waals surface area contributed by atoms with Crippen molar-refractivity contribution in [2.24, 2.45) is 0 Å². The van der Waals surface area contributed by atoms with E-state index < -0.39 is 0 Å². The first-order chi connectivity index (χ1) is 10.5. The summed E-state index contributed by atoms with van der Waals surface area (Å²) in [6.07, 6.45) is 1.84. The minimum atomic E-state index is -0.0546. The molecule has 0 aliphatic rings. The SMILES string of the molecule is C=CCn1c(CO)nc(C(C)C)c1Sc1cc(C)cc(C)c1. The molecule has 0 radical (unpaired) electrons. The van der Waals surface area contributed by atoms with E-state index in [0.29, 0.717) is 18.3 Å². The molecule has 1 N–H and O–H groups in total. The third-order valence-corrected chi connectivity index (χ3v) is 4.53. The largest absolute Gasteiger partial charge is 0.388 e. The first kappa shape index (κ1) is 16.8. The van der Waals surface area contributed by atoms with Crippen molar-refractivity contribution in [1.29, 1.82) is 0 Å². The number of hydrogen-bond donors (Lipinski definition) is 1. The van der Waals surface area contributed by atoms with Gasteiger partial charge in [0.25, 0.3) is 0 Å². The van der Waals surface area contributed by atoms with Gasteiger partial charge in [0.15, 0.2) is 0 Å². The van der Waals surface area contributed by atoms with Crippen LogP contribution >= 0.6 is 11.8 Å². The Labute approximate surface area is 137 Å². The molecule has 0 aliphatic carbocycles. The number of aliphatic hydroxyl groups is 1. The number of allylic oxidation sites excluding steroid dienone is 1. The Balaban J connectivity index is 2.51. The Morgan fingerprint density at radius 3 is 2.41 bits per heavy atom. The van der Waals surface area contributed by atoms with Crippen LogP contribution < -0.4 is 0 Å². The number of hydrogen-bond acceptors (Lipinski definition) is 3. The molecule has 0 amide bonds. The standard InChI is InChI=1S/C18H24N2OS/c1-6-7-20-16(11-21)19-17(12(2)3)18(20)22-15-9-13(4)8-14(5)10-15/h6,8-10,12,21H,1,7,11H2,2-5H3. The second kappa shape index (κ2) is 7.16. The molecular weight excluding hydrogens is 292 g/mol. The molecule has 1 heterocycles. The highest BCUT2D eigenvalue weighted by Crippen LogP contribution is 2.35. The summed E-state index contributed by atoms with van der Waals surface area (Å²) >= 11 is 1.72. The minimum Gasteiger partial charge on any atom is -0.388 e. The molecule has 0 unspecified atom stereocenters. The van der Waals surface area contributed by atoms with Gasteiger partial charge in [-0.1, -0.05) is 37.8 Å². The third-order valence-electron chi connectivity index (χ3n) is 3.44. The van der Waals surface area contributed by atoms with Gasteiger partial charge in [-0.2, -0.15) is 0 Å². The first-order valence-electron chi connectivity index (χ1n) is 7.53. The van der Waals surface area contributed by atoms with Crippen molar-refractivity contribution < 1.29 is 5.11 Å². The van der Waals surface area contributed by atoms with Crippen molar-refractivity contribution in [3.8, 4) is 0 Å². The van der Waals surface area contributed by atoms with Gasteiger partial charge >= 0.3 is 0 Å². The summed E-state index contributed by atoms with van der Waals surface area (Å²) in [5.74, 6) is 1.01. The molecule has 0 spiro atoms. The quantitative estimate of drug-likeness (QED) is 0.800. The van der Waals surface area contributed by atoms with Gasteiger partial charge in [0, 0.05) is 11.4 Å². The zero-order valence-corrected chi connectivity index (χ0v) is 14.6. The molecule has 1 aromatic heterocycles. The van der Waals surface area contributed by atoms with E-state index in [0.717, 1.165) is 10.7 Å². The highest BCUT2D eigenvalue weighted by atomic mass is 32.2. The zero-order valence-electron chi connectivity index (χ0n) is 13.8. The third kappa shape index (κ3) is 3.62. The fourth-order valence-corrected chi connectivity index (χ4v) is 3.92. The van der Waals surface area contributed by atoms with Crippen LogP contribution in [0, 0.1) is 13.8 Å².